The molecule has 1 heterocycles. The van der Waals surface area contributed by atoms with Gasteiger partial charge in [0.2, 0.25) is 15.9 Å². The number of benzene rings is 1. The molecule has 0 radical (unpaired) electrons. The molecular formula is C21H32F3N3O5S. The van der Waals surface area contributed by atoms with Crippen molar-refractivity contribution in [2.75, 3.05) is 39.3 Å². The molecule has 1 aliphatic rings. The van der Waals surface area contributed by atoms with Gasteiger partial charge in [-0.05, 0) is 37.0 Å². The van der Waals surface area contributed by atoms with Crippen LogP contribution in [0.2, 0.25) is 0 Å². The first-order chi connectivity index (χ1) is 15.2. The number of nitrogens with zero attached hydrogens (tertiary/aromatic N) is 2. The highest BCUT2D eigenvalue weighted by atomic mass is 32.2. The summed E-state index contributed by atoms with van der Waals surface area (Å²) < 4.78 is 59.4. The molecule has 1 aromatic carbocycles. The third kappa shape index (κ3) is 10.1. The van der Waals surface area contributed by atoms with E-state index in [-0.39, 0.29) is 18.9 Å². The lowest BCUT2D eigenvalue weighted by atomic mass is 10.1. The minimum atomic E-state index is -5.08. The smallest absolute Gasteiger partial charge is 0.475 e. The molecule has 1 aliphatic heterocycles. The van der Waals surface area contributed by atoms with E-state index in [4.69, 9.17) is 9.90 Å². The summed E-state index contributed by atoms with van der Waals surface area (Å²) in [4.78, 5) is 23.4. The van der Waals surface area contributed by atoms with E-state index in [2.05, 4.69) is 19.2 Å². The number of carboxylic acids is 1. The number of nitrogens with one attached hydrogen (secondary N) is 1. The van der Waals surface area contributed by atoms with Crippen molar-refractivity contribution in [3.63, 3.8) is 0 Å². The number of alkyl halides is 3. The fraction of sp³-hybridized carbons (Fsp3) is 0.619. The summed E-state index contributed by atoms with van der Waals surface area (Å²) in [5.41, 5.74) is 0.909. The lowest BCUT2D eigenvalue weighted by molar-refractivity contribution is -0.192. The van der Waals surface area contributed by atoms with Crippen LogP contribution in [0.5, 0.6) is 0 Å². The van der Waals surface area contributed by atoms with Crippen molar-refractivity contribution < 1.29 is 36.3 Å². The largest absolute Gasteiger partial charge is 0.490 e. The van der Waals surface area contributed by atoms with Crippen LogP contribution >= 0.6 is 0 Å². The van der Waals surface area contributed by atoms with Gasteiger partial charge in [-0.15, -0.1) is 0 Å². The number of hydrogen-bond acceptors (Lipinski definition) is 5. The Kier molecular flexibility index (Phi) is 11.3. The highest BCUT2D eigenvalue weighted by molar-refractivity contribution is 7.89. The average Bonchev–Trinajstić information content (AvgIpc) is 2.73. The van der Waals surface area contributed by atoms with Gasteiger partial charge in [0.25, 0.3) is 0 Å². The summed E-state index contributed by atoms with van der Waals surface area (Å²) in [5.74, 6) is -2.33. The zero-order valence-electron chi connectivity index (χ0n) is 19.1. The van der Waals surface area contributed by atoms with Crippen molar-refractivity contribution in [2.24, 2.45) is 5.92 Å². The number of piperazine rings is 1. The van der Waals surface area contributed by atoms with Gasteiger partial charge in [0.05, 0.1) is 4.90 Å². The van der Waals surface area contributed by atoms with Gasteiger partial charge >= 0.3 is 12.1 Å². The average molecular weight is 496 g/mol. The van der Waals surface area contributed by atoms with Crippen LogP contribution in [0, 0.1) is 12.8 Å². The molecule has 0 bridgehead atoms. The van der Waals surface area contributed by atoms with Crippen LogP contribution in [-0.2, 0) is 19.6 Å². The van der Waals surface area contributed by atoms with Gasteiger partial charge in [0, 0.05) is 45.7 Å². The number of rotatable bonds is 8. The first-order valence-corrected chi connectivity index (χ1v) is 12.0. The lowest BCUT2D eigenvalue weighted by Gasteiger charge is -2.29. The van der Waals surface area contributed by atoms with Crippen molar-refractivity contribution in [1.29, 1.82) is 0 Å². The SMILES string of the molecule is Cc1cccc(S(=O)(=O)N(CCC(=O)N2CCNCC2)CCC(C)C)c1.O=C(O)C(F)(F)F. The maximum Gasteiger partial charge on any atom is 0.490 e. The first-order valence-electron chi connectivity index (χ1n) is 10.6. The van der Waals surface area contributed by atoms with Crippen LogP contribution in [0.3, 0.4) is 0 Å². The first kappa shape index (κ1) is 28.9. The minimum Gasteiger partial charge on any atom is -0.475 e. The fourth-order valence-corrected chi connectivity index (χ4v) is 4.53. The van der Waals surface area contributed by atoms with Crippen molar-refractivity contribution in [3.05, 3.63) is 29.8 Å². The lowest BCUT2D eigenvalue weighted by Crippen LogP contribution is -2.47. The molecule has 12 heteroatoms. The van der Waals surface area contributed by atoms with E-state index in [0.717, 1.165) is 25.1 Å². The summed E-state index contributed by atoms with van der Waals surface area (Å²) in [5, 5.41) is 10.3. The maximum atomic E-state index is 13.1. The van der Waals surface area contributed by atoms with Crippen LogP contribution < -0.4 is 5.32 Å². The molecule has 1 amide bonds. The number of sulfonamides is 1. The zero-order valence-corrected chi connectivity index (χ0v) is 19.9. The van der Waals surface area contributed by atoms with E-state index in [0.29, 0.717) is 30.4 Å². The topological polar surface area (TPSA) is 107 Å². The molecule has 0 aliphatic carbocycles. The second kappa shape index (κ2) is 12.9. The number of carboxylic acid groups (broad SMARTS) is 1. The third-order valence-electron chi connectivity index (χ3n) is 4.87. The van der Waals surface area contributed by atoms with Gasteiger partial charge in [-0.3, -0.25) is 4.79 Å². The molecular weight excluding hydrogens is 463 g/mol. The van der Waals surface area contributed by atoms with E-state index < -0.39 is 22.2 Å². The minimum absolute atomic E-state index is 0.0282. The molecule has 8 nitrogen and oxygen atoms in total. The van der Waals surface area contributed by atoms with Crippen LogP contribution in [0.1, 0.15) is 32.3 Å². The molecule has 0 saturated carbocycles. The van der Waals surface area contributed by atoms with Gasteiger partial charge in [-0.1, -0.05) is 26.0 Å². The number of carbonyl (C=O) groups is 2. The predicted molar refractivity (Wildman–Crippen MR) is 117 cm³/mol. The second-order valence-corrected chi connectivity index (χ2v) is 10.0. The number of amides is 1. The molecule has 0 spiro atoms. The molecule has 2 N–H and O–H groups in total. The Morgan fingerprint density at radius 1 is 1.18 bits per heavy atom. The highest BCUT2D eigenvalue weighted by Gasteiger charge is 2.38. The molecule has 2 rings (SSSR count). The fourth-order valence-electron chi connectivity index (χ4n) is 2.97. The number of halogens is 3. The molecule has 0 atom stereocenters. The summed E-state index contributed by atoms with van der Waals surface area (Å²) in [7, 11) is -3.60. The van der Waals surface area contributed by atoms with Crippen molar-refractivity contribution >= 4 is 21.9 Å². The Labute approximate surface area is 192 Å². The van der Waals surface area contributed by atoms with Gasteiger partial charge in [-0.2, -0.15) is 17.5 Å². The van der Waals surface area contributed by atoms with Gasteiger partial charge in [0.15, 0.2) is 0 Å². The van der Waals surface area contributed by atoms with E-state index in [9.17, 15) is 26.4 Å². The Morgan fingerprint density at radius 2 is 1.76 bits per heavy atom. The zero-order chi connectivity index (χ0) is 25.2. The Morgan fingerprint density at radius 3 is 2.24 bits per heavy atom. The molecule has 0 unspecified atom stereocenters. The standard InChI is InChI=1S/C19H31N3O3S.C2HF3O2/c1-16(2)7-11-22(12-8-19(23)21-13-9-20-10-14-21)26(24,25)18-6-4-5-17(3)15-18;3-2(4,5)1(6)7/h4-6,15-16,20H,7-14H2,1-3H3;(H,6,7). The molecule has 1 aromatic rings. The van der Waals surface area contributed by atoms with Crippen molar-refractivity contribution in [2.45, 2.75) is 44.7 Å². The summed E-state index contributed by atoms with van der Waals surface area (Å²) in [6, 6.07) is 6.96. The van der Waals surface area contributed by atoms with Gasteiger partial charge < -0.3 is 15.3 Å². The quantitative estimate of drug-likeness (QED) is 0.574. The van der Waals surface area contributed by atoms with Crippen LogP contribution in [0.15, 0.2) is 29.2 Å². The molecule has 188 valence electrons. The molecule has 33 heavy (non-hydrogen) atoms. The second-order valence-electron chi connectivity index (χ2n) is 8.09. The predicted octanol–water partition coefficient (Wildman–Crippen LogP) is 2.49. The molecule has 1 fully saturated rings. The van der Waals surface area contributed by atoms with E-state index >= 15 is 0 Å². The van der Waals surface area contributed by atoms with Crippen LogP contribution in [0.25, 0.3) is 0 Å². The maximum absolute atomic E-state index is 13.1. The van der Waals surface area contributed by atoms with Crippen LogP contribution in [-0.4, -0.2) is 80.1 Å². The van der Waals surface area contributed by atoms with E-state index in [1.165, 1.54) is 4.31 Å². The van der Waals surface area contributed by atoms with Gasteiger partial charge in [-0.25, -0.2) is 13.2 Å². The van der Waals surface area contributed by atoms with E-state index in [1.54, 1.807) is 18.2 Å². The number of aliphatic carboxylic acids is 1. The molecule has 0 aromatic heterocycles. The summed E-state index contributed by atoms with van der Waals surface area (Å²) >= 11 is 0. The number of hydrogen-bond donors (Lipinski definition) is 2. The van der Waals surface area contributed by atoms with Crippen LogP contribution in [0.4, 0.5) is 13.2 Å². The Bertz CT molecular complexity index is 885. The third-order valence-corrected chi connectivity index (χ3v) is 6.77. The summed E-state index contributed by atoms with van der Waals surface area (Å²) in [6.07, 6.45) is -4.09. The van der Waals surface area contributed by atoms with Crippen molar-refractivity contribution in [1.82, 2.24) is 14.5 Å². The number of aryl methyl sites for hydroxylation is 1. The highest BCUT2D eigenvalue weighted by Crippen LogP contribution is 2.19. The Hall–Kier alpha value is -2.18. The summed E-state index contributed by atoms with van der Waals surface area (Å²) in [6.45, 7) is 9.66. The van der Waals surface area contributed by atoms with Gasteiger partial charge in [0.1, 0.15) is 0 Å². The monoisotopic (exact) mass is 495 g/mol. The number of carbonyl (C=O) groups excluding carboxylic acids is 1. The van der Waals surface area contributed by atoms with E-state index in [1.807, 2.05) is 17.9 Å². The molecule has 1 saturated heterocycles. The normalized spacial score (nSPS) is 14.7. The van der Waals surface area contributed by atoms with Crippen molar-refractivity contribution in [3.8, 4) is 0 Å². The Balaban J connectivity index is 0.000000675.